The fourth-order valence-corrected chi connectivity index (χ4v) is 1.29. The molecule has 1 aromatic heterocycles. The highest BCUT2D eigenvalue weighted by Crippen LogP contribution is 2.17. The maximum absolute atomic E-state index is 10.9. The number of nitrogen functional groups attached to an aromatic ring is 1. The van der Waals surface area contributed by atoms with Gasteiger partial charge in [-0.05, 0) is 18.4 Å². The van der Waals surface area contributed by atoms with Gasteiger partial charge in [0.05, 0.1) is 0 Å². The Morgan fingerprint density at radius 1 is 1.71 bits per heavy atom. The van der Waals surface area contributed by atoms with E-state index < -0.39 is 12.0 Å². The molecule has 0 saturated carbocycles. The van der Waals surface area contributed by atoms with Crippen LogP contribution in [0.1, 0.15) is 26.3 Å². The van der Waals surface area contributed by atoms with Crippen LogP contribution in [0.25, 0.3) is 0 Å². The Kier molecular flexibility index (Phi) is 3.11. The zero-order valence-electron chi connectivity index (χ0n) is 8.34. The smallest absolute Gasteiger partial charge is 0.328 e. The van der Waals surface area contributed by atoms with Crippen molar-refractivity contribution in [2.24, 2.45) is 5.92 Å². The second kappa shape index (κ2) is 4.13. The lowest BCUT2D eigenvalue weighted by molar-refractivity contribution is -0.141. The van der Waals surface area contributed by atoms with Gasteiger partial charge in [0.25, 0.3) is 0 Å². The standard InChI is InChI=1S/C9H15N3O2/c1-6(2)5-7(9(13)14)12-4-3-8(10)11-12/h3-4,6-7H,5H2,1-2H3,(H2,10,11)(H,13,14). The second-order valence-electron chi connectivity index (χ2n) is 3.70. The molecule has 0 bridgehead atoms. The molecule has 0 radical (unpaired) electrons. The number of hydrogen-bond donors (Lipinski definition) is 2. The summed E-state index contributed by atoms with van der Waals surface area (Å²) in [5.74, 6) is -0.219. The molecule has 0 aliphatic carbocycles. The quantitative estimate of drug-likeness (QED) is 0.758. The van der Waals surface area contributed by atoms with Crippen molar-refractivity contribution in [1.29, 1.82) is 0 Å². The molecule has 0 fully saturated rings. The minimum absolute atomic E-state index is 0.307. The number of aliphatic carboxylic acids is 1. The normalized spacial score (nSPS) is 13.1. The molecule has 3 N–H and O–H groups in total. The third-order valence-corrected chi connectivity index (χ3v) is 1.93. The highest BCUT2D eigenvalue weighted by Gasteiger charge is 2.21. The van der Waals surface area contributed by atoms with Gasteiger partial charge >= 0.3 is 5.97 Å². The summed E-state index contributed by atoms with van der Waals surface area (Å²) in [4.78, 5) is 10.9. The minimum Gasteiger partial charge on any atom is -0.480 e. The maximum atomic E-state index is 10.9. The lowest BCUT2D eigenvalue weighted by Gasteiger charge is -2.14. The molecule has 1 aromatic rings. The van der Waals surface area contributed by atoms with E-state index in [2.05, 4.69) is 5.10 Å². The Labute approximate surface area is 82.5 Å². The number of carboxylic acid groups (broad SMARTS) is 1. The van der Waals surface area contributed by atoms with Crippen LogP contribution in [0.3, 0.4) is 0 Å². The Bertz CT molecular complexity index is 320. The van der Waals surface area contributed by atoms with Gasteiger partial charge in [0.1, 0.15) is 11.9 Å². The van der Waals surface area contributed by atoms with Crippen LogP contribution in [-0.2, 0) is 4.79 Å². The van der Waals surface area contributed by atoms with Crippen LogP contribution in [0.5, 0.6) is 0 Å². The van der Waals surface area contributed by atoms with E-state index in [9.17, 15) is 4.79 Å². The van der Waals surface area contributed by atoms with Crippen molar-refractivity contribution in [3.8, 4) is 0 Å². The second-order valence-corrected chi connectivity index (χ2v) is 3.70. The average Bonchev–Trinajstić information content (AvgIpc) is 2.46. The van der Waals surface area contributed by atoms with Gasteiger partial charge in [-0.15, -0.1) is 0 Å². The van der Waals surface area contributed by atoms with Crippen LogP contribution in [0.4, 0.5) is 5.82 Å². The summed E-state index contributed by atoms with van der Waals surface area (Å²) in [6.45, 7) is 3.95. The molecule has 78 valence electrons. The number of rotatable bonds is 4. The van der Waals surface area contributed by atoms with Gasteiger partial charge in [0.2, 0.25) is 0 Å². The van der Waals surface area contributed by atoms with Crippen LogP contribution in [0.2, 0.25) is 0 Å². The van der Waals surface area contributed by atoms with E-state index in [1.165, 1.54) is 4.68 Å². The number of nitrogens with zero attached hydrogens (tertiary/aromatic N) is 2. The monoisotopic (exact) mass is 197 g/mol. The average molecular weight is 197 g/mol. The third-order valence-electron chi connectivity index (χ3n) is 1.93. The fraction of sp³-hybridized carbons (Fsp3) is 0.556. The molecular formula is C9H15N3O2. The van der Waals surface area contributed by atoms with Crippen molar-refractivity contribution in [1.82, 2.24) is 9.78 Å². The van der Waals surface area contributed by atoms with Crippen molar-refractivity contribution in [2.45, 2.75) is 26.3 Å². The molecule has 14 heavy (non-hydrogen) atoms. The molecule has 0 aromatic carbocycles. The number of carboxylic acids is 1. The van der Waals surface area contributed by atoms with E-state index in [0.29, 0.717) is 18.2 Å². The highest BCUT2D eigenvalue weighted by molar-refractivity contribution is 5.71. The summed E-state index contributed by atoms with van der Waals surface area (Å²) in [7, 11) is 0. The van der Waals surface area contributed by atoms with E-state index in [1.807, 2.05) is 13.8 Å². The first-order valence-corrected chi connectivity index (χ1v) is 4.54. The lowest BCUT2D eigenvalue weighted by atomic mass is 10.0. The van der Waals surface area contributed by atoms with Crippen LogP contribution < -0.4 is 5.73 Å². The topological polar surface area (TPSA) is 81.1 Å². The van der Waals surface area contributed by atoms with Gasteiger partial charge < -0.3 is 10.8 Å². The van der Waals surface area contributed by atoms with Crippen LogP contribution in [0, 0.1) is 5.92 Å². The van der Waals surface area contributed by atoms with E-state index in [-0.39, 0.29) is 0 Å². The van der Waals surface area contributed by atoms with Crippen molar-refractivity contribution in [2.75, 3.05) is 5.73 Å². The van der Waals surface area contributed by atoms with Gasteiger partial charge in [-0.25, -0.2) is 4.79 Å². The van der Waals surface area contributed by atoms with E-state index in [0.717, 1.165) is 0 Å². The predicted molar refractivity (Wildman–Crippen MR) is 52.8 cm³/mol. The van der Waals surface area contributed by atoms with Gasteiger partial charge in [-0.3, -0.25) is 4.68 Å². The minimum atomic E-state index is -0.873. The predicted octanol–water partition coefficient (Wildman–Crippen LogP) is 1.14. The Balaban J connectivity index is 2.83. The molecule has 0 aliphatic heterocycles. The Morgan fingerprint density at radius 3 is 2.71 bits per heavy atom. The zero-order chi connectivity index (χ0) is 10.7. The van der Waals surface area contributed by atoms with Crippen LogP contribution in [-0.4, -0.2) is 20.9 Å². The first-order valence-electron chi connectivity index (χ1n) is 4.54. The van der Waals surface area contributed by atoms with Crippen molar-refractivity contribution < 1.29 is 9.90 Å². The molecule has 0 amide bonds. The van der Waals surface area contributed by atoms with E-state index in [4.69, 9.17) is 10.8 Å². The van der Waals surface area contributed by atoms with E-state index in [1.54, 1.807) is 12.3 Å². The number of hydrogen-bond acceptors (Lipinski definition) is 3. The van der Waals surface area contributed by atoms with Crippen molar-refractivity contribution >= 4 is 11.8 Å². The molecule has 1 rings (SSSR count). The largest absolute Gasteiger partial charge is 0.480 e. The van der Waals surface area contributed by atoms with E-state index >= 15 is 0 Å². The third kappa shape index (κ3) is 2.48. The summed E-state index contributed by atoms with van der Waals surface area (Å²) >= 11 is 0. The summed E-state index contributed by atoms with van der Waals surface area (Å²) in [6, 6.07) is 0.975. The maximum Gasteiger partial charge on any atom is 0.328 e. The summed E-state index contributed by atoms with van der Waals surface area (Å²) in [5.41, 5.74) is 5.42. The van der Waals surface area contributed by atoms with Crippen molar-refractivity contribution in [3.05, 3.63) is 12.3 Å². The summed E-state index contributed by atoms with van der Waals surface area (Å²) in [5, 5.41) is 12.9. The molecule has 5 heteroatoms. The summed E-state index contributed by atoms with van der Waals surface area (Å²) < 4.78 is 1.40. The molecule has 0 saturated heterocycles. The van der Waals surface area contributed by atoms with Crippen LogP contribution in [0.15, 0.2) is 12.3 Å². The molecule has 0 spiro atoms. The summed E-state index contributed by atoms with van der Waals surface area (Å²) in [6.07, 6.45) is 2.15. The van der Waals surface area contributed by atoms with Crippen molar-refractivity contribution in [3.63, 3.8) is 0 Å². The SMILES string of the molecule is CC(C)CC(C(=O)O)n1ccc(N)n1. The molecule has 1 unspecified atom stereocenters. The number of nitrogens with two attached hydrogens (primary N) is 1. The first-order chi connectivity index (χ1) is 6.50. The lowest BCUT2D eigenvalue weighted by Crippen LogP contribution is -2.21. The zero-order valence-corrected chi connectivity index (χ0v) is 8.34. The Morgan fingerprint density at radius 2 is 2.36 bits per heavy atom. The molecule has 0 aliphatic rings. The fourth-order valence-electron chi connectivity index (χ4n) is 1.29. The molecular weight excluding hydrogens is 182 g/mol. The molecule has 1 atom stereocenters. The van der Waals surface area contributed by atoms with Gasteiger partial charge in [0, 0.05) is 6.20 Å². The van der Waals surface area contributed by atoms with Gasteiger partial charge in [-0.2, -0.15) is 5.10 Å². The highest BCUT2D eigenvalue weighted by atomic mass is 16.4. The first kappa shape index (κ1) is 10.6. The number of aromatic nitrogens is 2. The number of anilines is 1. The molecule has 5 nitrogen and oxygen atoms in total. The van der Waals surface area contributed by atoms with Gasteiger partial charge in [-0.1, -0.05) is 13.8 Å². The molecule has 1 heterocycles. The van der Waals surface area contributed by atoms with Crippen LogP contribution >= 0.6 is 0 Å². The van der Waals surface area contributed by atoms with Gasteiger partial charge in [0.15, 0.2) is 0 Å². The Hall–Kier alpha value is -1.52. The number of carbonyl (C=O) groups is 1.